The molecule has 2 aromatic carbocycles. The number of hydrogen-bond donors (Lipinski definition) is 1. The Labute approximate surface area is 176 Å². The van der Waals surface area contributed by atoms with Gasteiger partial charge in [0.15, 0.2) is 0 Å². The molecule has 0 heterocycles. The molecule has 8 heteroatoms. The first kappa shape index (κ1) is 22.5. The first-order chi connectivity index (χ1) is 13.1. The number of hydrogen-bond acceptors (Lipinski definition) is 3. The van der Waals surface area contributed by atoms with Crippen molar-refractivity contribution in [1.82, 2.24) is 5.32 Å². The van der Waals surface area contributed by atoms with Crippen LogP contribution in [0.4, 0.5) is 5.69 Å². The Morgan fingerprint density at radius 1 is 1.14 bits per heavy atom. The van der Waals surface area contributed by atoms with Crippen LogP contribution in [0.5, 0.6) is 0 Å². The molecule has 152 valence electrons. The molecule has 2 rings (SSSR count). The third-order valence-electron chi connectivity index (χ3n) is 4.38. The summed E-state index contributed by atoms with van der Waals surface area (Å²) in [6, 6.07) is 11.6. The fourth-order valence-electron chi connectivity index (χ4n) is 2.87. The fourth-order valence-corrected chi connectivity index (χ4v) is 4.44. The largest absolute Gasteiger partial charge is 0.354 e. The number of sulfonamides is 1. The summed E-state index contributed by atoms with van der Waals surface area (Å²) in [5.74, 6) is -0.374. The molecule has 2 aromatic rings. The van der Waals surface area contributed by atoms with E-state index >= 15 is 0 Å². The summed E-state index contributed by atoms with van der Waals surface area (Å²) >= 11 is 12.3. The highest BCUT2D eigenvalue weighted by atomic mass is 35.5. The summed E-state index contributed by atoms with van der Waals surface area (Å²) in [6.45, 7) is 3.80. The second-order valence-electron chi connectivity index (χ2n) is 6.65. The zero-order chi connectivity index (χ0) is 20.9. The van der Waals surface area contributed by atoms with Crippen molar-refractivity contribution in [1.29, 1.82) is 0 Å². The molecule has 0 aliphatic carbocycles. The Balaban J connectivity index is 2.03. The topological polar surface area (TPSA) is 66.5 Å². The zero-order valence-electron chi connectivity index (χ0n) is 16.1. The van der Waals surface area contributed by atoms with Crippen molar-refractivity contribution in [2.45, 2.75) is 32.7 Å². The molecule has 0 aliphatic rings. The standard InChI is InChI=1S/C20H24Cl2N2O3S/c1-14-10-11-17(13-19(14)22)24(28(3,26)27)15(2)20(25)23-12-6-8-16-7-4-5-9-18(16)21/h4-5,7,9-11,13,15H,6,8,12H2,1-3H3,(H,23,25)/t15-/m0/s1. The van der Waals surface area contributed by atoms with E-state index in [9.17, 15) is 13.2 Å². The van der Waals surface area contributed by atoms with E-state index in [1.807, 2.05) is 31.2 Å². The summed E-state index contributed by atoms with van der Waals surface area (Å²) < 4.78 is 25.7. The van der Waals surface area contributed by atoms with Gasteiger partial charge in [-0.15, -0.1) is 0 Å². The molecule has 0 unspecified atom stereocenters. The highest BCUT2D eigenvalue weighted by Gasteiger charge is 2.29. The lowest BCUT2D eigenvalue weighted by molar-refractivity contribution is -0.121. The van der Waals surface area contributed by atoms with E-state index in [2.05, 4.69) is 5.32 Å². The van der Waals surface area contributed by atoms with E-state index in [1.165, 1.54) is 0 Å². The SMILES string of the molecule is Cc1ccc(N([C@@H](C)C(=O)NCCCc2ccccc2Cl)S(C)(=O)=O)cc1Cl. The molecule has 0 fully saturated rings. The summed E-state index contributed by atoms with van der Waals surface area (Å²) in [4.78, 5) is 12.6. The fraction of sp³-hybridized carbons (Fsp3) is 0.350. The molecule has 0 saturated heterocycles. The molecule has 5 nitrogen and oxygen atoms in total. The van der Waals surface area contributed by atoms with Crippen LogP contribution in [0.1, 0.15) is 24.5 Å². The number of carbonyl (C=O) groups excluding carboxylic acids is 1. The average Bonchev–Trinajstić information content (AvgIpc) is 2.62. The summed E-state index contributed by atoms with van der Waals surface area (Å²) in [6.07, 6.45) is 2.48. The van der Waals surface area contributed by atoms with Crippen LogP contribution in [-0.2, 0) is 21.2 Å². The predicted molar refractivity (Wildman–Crippen MR) is 116 cm³/mol. The van der Waals surface area contributed by atoms with Crippen molar-refractivity contribution in [3.8, 4) is 0 Å². The second-order valence-corrected chi connectivity index (χ2v) is 9.33. The van der Waals surface area contributed by atoms with Crippen LogP contribution in [0.2, 0.25) is 10.0 Å². The minimum absolute atomic E-state index is 0.358. The van der Waals surface area contributed by atoms with Gasteiger partial charge in [-0.3, -0.25) is 9.10 Å². The number of nitrogens with zero attached hydrogens (tertiary/aromatic N) is 1. The smallest absolute Gasteiger partial charge is 0.243 e. The van der Waals surface area contributed by atoms with Gasteiger partial charge in [-0.05, 0) is 56.0 Å². The monoisotopic (exact) mass is 442 g/mol. The highest BCUT2D eigenvalue weighted by molar-refractivity contribution is 7.92. The van der Waals surface area contributed by atoms with Crippen LogP contribution in [0.25, 0.3) is 0 Å². The second kappa shape index (κ2) is 9.63. The normalized spacial score (nSPS) is 12.5. The molecule has 0 radical (unpaired) electrons. The van der Waals surface area contributed by atoms with Crippen LogP contribution >= 0.6 is 23.2 Å². The van der Waals surface area contributed by atoms with Gasteiger partial charge in [-0.25, -0.2) is 8.42 Å². The Bertz CT molecular complexity index is 948. The van der Waals surface area contributed by atoms with Gasteiger partial charge >= 0.3 is 0 Å². The number of aryl methyl sites for hydroxylation is 2. The maximum absolute atomic E-state index is 12.6. The maximum Gasteiger partial charge on any atom is 0.243 e. The van der Waals surface area contributed by atoms with E-state index in [0.29, 0.717) is 28.7 Å². The molecule has 1 N–H and O–H groups in total. The molecule has 1 amide bonds. The van der Waals surface area contributed by atoms with Crippen molar-refractivity contribution in [3.05, 3.63) is 63.6 Å². The minimum atomic E-state index is -3.67. The van der Waals surface area contributed by atoms with Crippen molar-refractivity contribution in [2.75, 3.05) is 17.1 Å². The highest BCUT2D eigenvalue weighted by Crippen LogP contribution is 2.26. The van der Waals surface area contributed by atoms with Crippen LogP contribution in [-0.4, -0.2) is 33.2 Å². The average molecular weight is 443 g/mol. The Hall–Kier alpha value is -1.76. The quantitative estimate of drug-likeness (QED) is 0.622. The van der Waals surface area contributed by atoms with Gasteiger partial charge in [0.25, 0.3) is 0 Å². The van der Waals surface area contributed by atoms with Gasteiger partial charge in [0.05, 0.1) is 11.9 Å². The molecule has 0 aliphatic heterocycles. The van der Waals surface area contributed by atoms with Crippen LogP contribution in [0.15, 0.2) is 42.5 Å². The van der Waals surface area contributed by atoms with Crippen LogP contribution in [0.3, 0.4) is 0 Å². The van der Waals surface area contributed by atoms with Gasteiger partial charge < -0.3 is 5.32 Å². The lowest BCUT2D eigenvalue weighted by Gasteiger charge is -2.28. The van der Waals surface area contributed by atoms with E-state index in [0.717, 1.165) is 28.1 Å². The van der Waals surface area contributed by atoms with E-state index < -0.39 is 16.1 Å². The predicted octanol–water partition coefficient (Wildman–Crippen LogP) is 4.21. The number of rotatable bonds is 8. The first-order valence-electron chi connectivity index (χ1n) is 8.88. The number of halogens is 2. The molecule has 1 atom stereocenters. The number of nitrogens with one attached hydrogen (secondary N) is 1. The van der Waals surface area contributed by atoms with E-state index in [4.69, 9.17) is 23.2 Å². The maximum atomic E-state index is 12.6. The third kappa shape index (κ3) is 5.87. The Morgan fingerprint density at radius 2 is 1.82 bits per heavy atom. The Morgan fingerprint density at radius 3 is 2.43 bits per heavy atom. The van der Waals surface area contributed by atoms with Crippen molar-refractivity contribution in [3.63, 3.8) is 0 Å². The molecule has 0 saturated carbocycles. The van der Waals surface area contributed by atoms with Crippen molar-refractivity contribution in [2.24, 2.45) is 0 Å². The van der Waals surface area contributed by atoms with Gasteiger partial charge in [-0.2, -0.15) is 0 Å². The summed E-state index contributed by atoms with van der Waals surface area (Å²) in [5.41, 5.74) is 2.20. The van der Waals surface area contributed by atoms with E-state index in [-0.39, 0.29) is 5.91 Å². The summed E-state index contributed by atoms with van der Waals surface area (Å²) in [5, 5.41) is 3.94. The molecule has 0 bridgehead atoms. The number of benzene rings is 2. The molecular formula is C20H24Cl2N2O3S. The lowest BCUT2D eigenvalue weighted by Crippen LogP contribution is -2.48. The van der Waals surface area contributed by atoms with Crippen molar-refractivity contribution >= 4 is 44.8 Å². The number of carbonyl (C=O) groups is 1. The molecular weight excluding hydrogens is 419 g/mol. The summed E-state index contributed by atoms with van der Waals surface area (Å²) in [7, 11) is -3.67. The van der Waals surface area contributed by atoms with Gasteiger partial charge in [0, 0.05) is 16.6 Å². The minimum Gasteiger partial charge on any atom is -0.354 e. The van der Waals surface area contributed by atoms with Gasteiger partial charge in [0.1, 0.15) is 6.04 Å². The molecule has 0 aromatic heterocycles. The first-order valence-corrected chi connectivity index (χ1v) is 11.5. The van der Waals surface area contributed by atoms with Gasteiger partial charge in [0.2, 0.25) is 15.9 Å². The van der Waals surface area contributed by atoms with Crippen molar-refractivity contribution < 1.29 is 13.2 Å². The Kier molecular flexibility index (Phi) is 7.75. The van der Waals surface area contributed by atoms with Crippen LogP contribution < -0.4 is 9.62 Å². The number of amides is 1. The van der Waals surface area contributed by atoms with Crippen LogP contribution in [0, 0.1) is 6.92 Å². The zero-order valence-corrected chi connectivity index (χ0v) is 18.4. The third-order valence-corrected chi connectivity index (χ3v) is 6.40. The van der Waals surface area contributed by atoms with Gasteiger partial charge in [-0.1, -0.05) is 47.5 Å². The lowest BCUT2D eigenvalue weighted by atomic mass is 10.1. The van der Waals surface area contributed by atoms with E-state index in [1.54, 1.807) is 25.1 Å². The molecule has 0 spiro atoms. The number of anilines is 1. The molecule has 28 heavy (non-hydrogen) atoms.